The summed E-state index contributed by atoms with van der Waals surface area (Å²) in [6, 6.07) is 9.58. The second-order valence-corrected chi connectivity index (χ2v) is 2.44. The molecule has 2 rings (SSSR count). The van der Waals surface area contributed by atoms with Gasteiger partial charge in [0.15, 0.2) is 6.20 Å². The number of aromatic amines is 1. The van der Waals surface area contributed by atoms with Crippen molar-refractivity contribution < 1.29 is 54.4 Å². The van der Waals surface area contributed by atoms with E-state index < -0.39 is 0 Å². The zero-order chi connectivity index (χ0) is 7.68. The normalized spacial score (nSPS) is 8.00. The smallest absolute Gasteiger partial charge is 1.00 e. The fourth-order valence-electron chi connectivity index (χ4n) is 1.15. The third kappa shape index (κ3) is 3.09. The van der Waals surface area contributed by atoms with Gasteiger partial charge < -0.3 is 29.9 Å². The molecule has 1 aromatic heterocycles. The summed E-state index contributed by atoms with van der Waals surface area (Å²) in [5.74, 6) is 0.545. The topological polar surface area (TPSA) is 37.0 Å². The molecule has 0 radical (unpaired) electrons. The van der Waals surface area contributed by atoms with Crippen LogP contribution in [0, 0.1) is 0 Å². The molecule has 0 bridgehead atoms. The van der Waals surface area contributed by atoms with Gasteiger partial charge in [-0.1, -0.05) is 6.07 Å². The molecule has 0 aliphatic rings. The molecule has 0 unspecified atom stereocenters. The second kappa shape index (κ2) is 7.00. The van der Waals surface area contributed by atoms with Crippen LogP contribution in [0.15, 0.2) is 36.5 Å². The number of benzene rings is 1. The number of fused-ring (bicyclic) bond motifs is 1. The third-order valence-electron chi connectivity index (χ3n) is 1.70. The van der Waals surface area contributed by atoms with Crippen LogP contribution < -0.4 is 29.8 Å². The molecule has 14 heavy (non-hydrogen) atoms. The molecular weight excluding hydrogens is 274 g/mol. The predicted octanol–water partition coefficient (Wildman–Crippen LogP) is -4.90. The van der Waals surface area contributed by atoms with Crippen molar-refractivity contribution in [2.75, 3.05) is 0 Å². The van der Waals surface area contributed by atoms with Crippen LogP contribution in [0.1, 0.15) is 0 Å². The Morgan fingerprint density at radius 1 is 1.00 bits per heavy atom. The third-order valence-corrected chi connectivity index (χ3v) is 1.70. The molecule has 3 N–H and O–H groups in total. The standard InChI is InChI=1S/C9H7NO.2ClH.Zn/c11-8-5-1-3-7-4-2-6-10-9(7)8;;;/h1-6,11H;2*1H;/q;;;+2. The molecule has 0 saturated carbocycles. The maximum absolute atomic E-state index is 7.53. The van der Waals surface area contributed by atoms with E-state index >= 15 is 0 Å². The van der Waals surface area contributed by atoms with E-state index in [0.717, 1.165) is 10.9 Å². The predicted molar refractivity (Wildman–Crippen MR) is 43.6 cm³/mol. The van der Waals surface area contributed by atoms with E-state index in [1.807, 2.05) is 30.5 Å². The van der Waals surface area contributed by atoms with Crippen molar-refractivity contribution in [3.8, 4) is 5.75 Å². The Balaban J connectivity index is 0. The van der Waals surface area contributed by atoms with E-state index in [-0.39, 0.29) is 44.3 Å². The summed E-state index contributed by atoms with van der Waals surface area (Å²) in [6.45, 7) is 0. The van der Waals surface area contributed by atoms with E-state index in [1.165, 1.54) is 0 Å². The summed E-state index contributed by atoms with van der Waals surface area (Å²) in [6.07, 6.45) is 1.83. The van der Waals surface area contributed by atoms with Crippen LogP contribution in [0.2, 0.25) is 0 Å². The average molecular weight is 283 g/mol. The number of rotatable bonds is 0. The number of nitrogens with one attached hydrogen (secondary N) is 1. The Kier molecular flexibility index (Phi) is 8.03. The Labute approximate surface area is 107 Å². The molecular formula is C9H9Cl2NOZn+2. The van der Waals surface area contributed by atoms with Crippen molar-refractivity contribution in [2.45, 2.75) is 0 Å². The van der Waals surface area contributed by atoms with E-state index in [1.54, 1.807) is 6.07 Å². The number of aromatic nitrogens is 1. The second-order valence-electron chi connectivity index (χ2n) is 2.44. The Morgan fingerprint density at radius 2 is 1.64 bits per heavy atom. The van der Waals surface area contributed by atoms with Crippen LogP contribution in [-0.2, 0) is 19.5 Å². The first-order valence-electron chi connectivity index (χ1n) is 3.49. The molecule has 0 saturated heterocycles. The first kappa shape index (κ1) is 16.1. The van der Waals surface area contributed by atoms with Gasteiger partial charge in [0.25, 0.3) is 0 Å². The van der Waals surface area contributed by atoms with E-state index in [0.29, 0.717) is 5.75 Å². The van der Waals surface area contributed by atoms with Crippen molar-refractivity contribution in [3.05, 3.63) is 36.5 Å². The van der Waals surface area contributed by atoms with Gasteiger partial charge in [0.2, 0.25) is 0 Å². The van der Waals surface area contributed by atoms with Gasteiger partial charge in [0.1, 0.15) is 0 Å². The Bertz CT molecular complexity index is 392. The van der Waals surface area contributed by atoms with Gasteiger partial charge in [-0.25, -0.2) is 4.98 Å². The van der Waals surface area contributed by atoms with Gasteiger partial charge in [-0.15, -0.1) is 0 Å². The summed E-state index contributed by atoms with van der Waals surface area (Å²) in [4.78, 5) is 3.03. The largest absolute Gasteiger partial charge is 2.00 e. The Hall–Kier alpha value is -0.367. The molecule has 0 amide bonds. The minimum atomic E-state index is 0. The van der Waals surface area contributed by atoms with E-state index in [2.05, 4.69) is 4.98 Å². The minimum absolute atomic E-state index is 0. The quantitative estimate of drug-likeness (QED) is 0.343. The van der Waals surface area contributed by atoms with Gasteiger partial charge in [0.05, 0.1) is 5.39 Å². The molecule has 0 fully saturated rings. The fraction of sp³-hybridized carbons (Fsp3) is 0. The van der Waals surface area contributed by atoms with Crippen molar-refractivity contribution in [1.29, 1.82) is 0 Å². The van der Waals surface area contributed by atoms with Gasteiger partial charge >= 0.3 is 30.7 Å². The first-order chi connectivity index (χ1) is 5.38. The average Bonchev–Trinajstić information content (AvgIpc) is 2.06. The number of para-hydroxylation sites is 1. The van der Waals surface area contributed by atoms with Crippen LogP contribution >= 0.6 is 0 Å². The zero-order valence-corrected chi connectivity index (χ0v) is 11.9. The van der Waals surface area contributed by atoms with E-state index in [4.69, 9.17) is 5.11 Å². The summed E-state index contributed by atoms with van der Waals surface area (Å²) in [5, 5.41) is 8.62. The molecule has 0 aliphatic carbocycles. The van der Waals surface area contributed by atoms with Gasteiger partial charge in [-0.3, -0.25) is 0 Å². The summed E-state index contributed by atoms with van der Waals surface area (Å²) in [5.41, 5.74) is 0.898. The maximum atomic E-state index is 7.53. The Morgan fingerprint density at radius 3 is 2.29 bits per heavy atom. The molecule has 0 spiro atoms. The molecule has 2 nitrogen and oxygen atoms in total. The number of H-pyrrole nitrogens is 1. The van der Waals surface area contributed by atoms with Gasteiger partial charge in [-0.05, 0) is 12.1 Å². The molecule has 1 heterocycles. The summed E-state index contributed by atoms with van der Waals surface area (Å²) < 4.78 is 0. The summed E-state index contributed by atoms with van der Waals surface area (Å²) in [7, 11) is 0. The molecule has 0 atom stereocenters. The molecule has 0 aliphatic heterocycles. The van der Waals surface area contributed by atoms with Crippen LogP contribution in [0.4, 0.5) is 0 Å². The first-order valence-corrected chi connectivity index (χ1v) is 3.49. The molecule has 5 heteroatoms. The van der Waals surface area contributed by atoms with Crippen LogP contribution in [0.5, 0.6) is 5.75 Å². The number of pyridine rings is 1. The van der Waals surface area contributed by atoms with Crippen LogP contribution in [0.3, 0.4) is 0 Å². The van der Waals surface area contributed by atoms with Crippen molar-refractivity contribution in [3.63, 3.8) is 0 Å². The van der Waals surface area contributed by atoms with Crippen molar-refractivity contribution in [2.24, 2.45) is 0 Å². The zero-order valence-electron chi connectivity index (χ0n) is 7.43. The monoisotopic (exact) mass is 281 g/mol. The van der Waals surface area contributed by atoms with Crippen LogP contribution in [-0.4, -0.2) is 5.11 Å². The number of halogens is 2. The van der Waals surface area contributed by atoms with Gasteiger partial charge in [0, 0.05) is 12.1 Å². The SMILES string of the molecule is [Cl-].[Cl-].[OH2+]c1cccc2ccc[nH+]c12.[Zn+2]. The molecule has 70 valence electrons. The minimum Gasteiger partial charge on any atom is -1.00 e. The summed E-state index contributed by atoms with van der Waals surface area (Å²) >= 11 is 0. The molecule has 1 aromatic carbocycles. The maximum Gasteiger partial charge on any atom is 2.00 e. The molecule has 2 aromatic rings. The van der Waals surface area contributed by atoms with Gasteiger partial charge in [-0.2, -0.15) is 0 Å². The number of hydrogen-bond donors (Lipinski definition) is 0. The van der Waals surface area contributed by atoms with E-state index in [9.17, 15) is 0 Å². The fourth-order valence-corrected chi connectivity index (χ4v) is 1.15. The van der Waals surface area contributed by atoms with Crippen molar-refractivity contribution >= 4 is 10.9 Å². The van der Waals surface area contributed by atoms with Crippen LogP contribution in [0.25, 0.3) is 10.9 Å². The number of hydrogen-bond acceptors (Lipinski definition) is 0. The van der Waals surface area contributed by atoms with Crippen molar-refractivity contribution in [1.82, 2.24) is 0 Å².